The van der Waals surface area contributed by atoms with Crippen LogP contribution in [0, 0.1) is 5.41 Å². The van der Waals surface area contributed by atoms with Crippen LogP contribution in [-0.2, 0) is 11.3 Å². The van der Waals surface area contributed by atoms with E-state index >= 15 is 0 Å². The highest BCUT2D eigenvalue weighted by Crippen LogP contribution is 2.32. The molecular weight excluding hydrogens is 531 g/mol. The fourth-order valence-electron chi connectivity index (χ4n) is 4.74. The van der Waals surface area contributed by atoms with Gasteiger partial charge in [0.15, 0.2) is 0 Å². The molecule has 0 bridgehead atoms. The van der Waals surface area contributed by atoms with Crippen molar-refractivity contribution in [1.82, 2.24) is 19.8 Å². The fourth-order valence-corrected chi connectivity index (χ4v) is 4.87. The number of hydrogen-bond donors (Lipinski definition) is 2. The van der Waals surface area contributed by atoms with Crippen LogP contribution in [0.3, 0.4) is 0 Å². The molecule has 1 saturated heterocycles. The maximum Gasteiger partial charge on any atom is 0.471 e. The number of piperidine rings is 1. The Balaban J connectivity index is 1.71. The average molecular weight is 564 g/mol. The van der Waals surface area contributed by atoms with Gasteiger partial charge in [-0.15, -0.1) is 0 Å². The van der Waals surface area contributed by atoms with Crippen LogP contribution in [0.4, 0.5) is 19.1 Å². The molecule has 4 rings (SSSR count). The van der Waals surface area contributed by atoms with Crippen LogP contribution in [0.2, 0.25) is 5.02 Å². The molecule has 0 aliphatic carbocycles. The lowest BCUT2D eigenvalue weighted by atomic mass is 9.86. The zero-order valence-corrected chi connectivity index (χ0v) is 23.2. The van der Waals surface area contributed by atoms with Crippen LogP contribution >= 0.6 is 11.6 Å². The number of carbonyl (C=O) groups excluding carboxylic acids is 2. The molecule has 1 fully saturated rings. The van der Waals surface area contributed by atoms with E-state index in [9.17, 15) is 22.8 Å². The van der Waals surface area contributed by atoms with Gasteiger partial charge in [-0.3, -0.25) is 14.9 Å². The molecule has 2 heterocycles. The number of amides is 2. The third kappa shape index (κ3) is 6.55. The molecule has 39 heavy (non-hydrogen) atoms. The number of nitrogens with one attached hydrogen (secondary N) is 2. The van der Waals surface area contributed by atoms with Crippen molar-refractivity contribution in [3.05, 3.63) is 58.6 Å². The van der Waals surface area contributed by atoms with Crippen molar-refractivity contribution in [3.8, 4) is 0 Å². The van der Waals surface area contributed by atoms with Gasteiger partial charge in [0.05, 0.1) is 11.0 Å². The Labute approximate surface area is 230 Å². The van der Waals surface area contributed by atoms with Crippen molar-refractivity contribution in [2.24, 2.45) is 5.41 Å². The van der Waals surface area contributed by atoms with Gasteiger partial charge in [0.1, 0.15) is 0 Å². The van der Waals surface area contributed by atoms with Crippen LogP contribution in [0.5, 0.6) is 0 Å². The fraction of sp³-hybridized carbons (Fsp3) is 0.464. The van der Waals surface area contributed by atoms with E-state index in [0.717, 1.165) is 29.8 Å². The number of alkyl halides is 3. The molecule has 2 atom stereocenters. The van der Waals surface area contributed by atoms with Crippen LogP contribution in [0.25, 0.3) is 11.0 Å². The molecule has 1 aliphatic rings. The molecule has 2 amide bonds. The summed E-state index contributed by atoms with van der Waals surface area (Å²) in [7, 11) is 0. The van der Waals surface area contributed by atoms with E-state index in [-0.39, 0.29) is 18.5 Å². The van der Waals surface area contributed by atoms with E-state index in [1.807, 2.05) is 4.57 Å². The highest BCUT2D eigenvalue weighted by atomic mass is 35.5. The summed E-state index contributed by atoms with van der Waals surface area (Å²) in [5, 5.41) is 6.78. The van der Waals surface area contributed by atoms with Gasteiger partial charge in [0, 0.05) is 35.8 Å². The van der Waals surface area contributed by atoms with E-state index in [0.29, 0.717) is 34.2 Å². The lowest BCUT2D eigenvalue weighted by Crippen LogP contribution is -2.50. The van der Waals surface area contributed by atoms with Crippen molar-refractivity contribution in [3.63, 3.8) is 0 Å². The number of nitrogens with zero attached hydrogens (tertiary/aromatic N) is 3. The smallest absolute Gasteiger partial charge is 0.327 e. The monoisotopic (exact) mass is 563 g/mol. The number of halogens is 4. The van der Waals surface area contributed by atoms with Gasteiger partial charge in [0.25, 0.3) is 5.91 Å². The predicted molar refractivity (Wildman–Crippen MR) is 146 cm³/mol. The van der Waals surface area contributed by atoms with E-state index in [1.54, 1.807) is 70.2 Å². The number of carbonyl (C=O) groups is 2. The SMILES string of the molecule is C[C@H](N(Cc1ccc2c(c1)nc(NC(=O)c1ccc(Cl)cc1)n2C1CCCNC1)C(=O)C(F)(F)F)C(C)(C)C. The van der Waals surface area contributed by atoms with Crippen molar-refractivity contribution in [2.45, 2.75) is 65.3 Å². The molecule has 1 aliphatic heterocycles. The summed E-state index contributed by atoms with van der Waals surface area (Å²) >= 11 is 5.95. The summed E-state index contributed by atoms with van der Waals surface area (Å²) in [5.41, 5.74) is 1.62. The van der Waals surface area contributed by atoms with Gasteiger partial charge in [0.2, 0.25) is 5.95 Å². The Morgan fingerprint density at radius 1 is 1.18 bits per heavy atom. The first-order chi connectivity index (χ1) is 18.3. The third-order valence-electron chi connectivity index (χ3n) is 7.30. The number of benzene rings is 2. The highest BCUT2D eigenvalue weighted by molar-refractivity contribution is 6.30. The third-order valence-corrected chi connectivity index (χ3v) is 7.55. The molecule has 1 unspecified atom stereocenters. The standard InChI is InChI=1S/C28H33ClF3N5O2/c1-17(27(2,3)4)36(25(39)28(30,31)32)16-18-7-12-23-22(14-18)34-26(37(23)21-6-5-13-33-15-21)35-24(38)19-8-10-20(29)11-9-19/h7-12,14,17,21,33H,5-6,13,15-16H2,1-4H3,(H,34,35,38)/t17-,21?/m0/s1. The second kappa shape index (κ2) is 11.2. The van der Waals surface area contributed by atoms with Crippen molar-refractivity contribution in [2.75, 3.05) is 18.4 Å². The highest BCUT2D eigenvalue weighted by Gasteiger charge is 2.45. The molecule has 1 aromatic heterocycles. The van der Waals surface area contributed by atoms with Crippen LogP contribution in [0.1, 0.15) is 62.5 Å². The summed E-state index contributed by atoms with van der Waals surface area (Å²) in [6.07, 6.45) is -3.16. The van der Waals surface area contributed by atoms with Gasteiger partial charge in [-0.1, -0.05) is 38.4 Å². The molecule has 0 spiro atoms. The number of rotatable bonds is 6. The van der Waals surface area contributed by atoms with Gasteiger partial charge in [-0.25, -0.2) is 4.98 Å². The number of fused-ring (bicyclic) bond motifs is 1. The maximum atomic E-state index is 13.5. The number of anilines is 1. The number of imidazole rings is 1. The van der Waals surface area contributed by atoms with E-state index < -0.39 is 23.5 Å². The molecule has 2 N–H and O–H groups in total. The minimum Gasteiger partial charge on any atom is -0.327 e. The molecule has 210 valence electrons. The van der Waals surface area contributed by atoms with Crippen LogP contribution in [-0.4, -0.2) is 51.6 Å². The topological polar surface area (TPSA) is 79.3 Å². The predicted octanol–water partition coefficient (Wildman–Crippen LogP) is 6.19. The second-order valence-electron chi connectivity index (χ2n) is 11.1. The molecular formula is C28H33ClF3N5O2. The largest absolute Gasteiger partial charge is 0.471 e. The first kappa shape index (κ1) is 28.9. The quantitative estimate of drug-likeness (QED) is 0.375. The normalized spacial score (nSPS) is 17.2. The van der Waals surface area contributed by atoms with Crippen molar-refractivity contribution >= 4 is 40.4 Å². The summed E-state index contributed by atoms with van der Waals surface area (Å²) in [5.74, 6) is -1.88. The second-order valence-corrected chi connectivity index (χ2v) is 11.5. The average Bonchev–Trinajstić information content (AvgIpc) is 3.23. The van der Waals surface area contributed by atoms with E-state index in [2.05, 4.69) is 15.6 Å². The van der Waals surface area contributed by atoms with E-state index in [4.69, 9.17) is 11.6 Å². The molecule has 11 heteroatoms. The van der Waals surface area contributed by atoms with Gasteiger partial charge in [-0.2, -0.15) is 13.2 Å². The minimum atomic E-state index is -4.99. The Morgan fingerprint density at radius 3 is 2.46 bits per heavy atom. The van der Waals surface area contributed by atoms with Gasteiger partial charge < -0.3 is 14.8 Å². The number of hydrogen-bond acceptors (Lipinski definition) is 4. The Morgan fingerprint density at radius 2 is 1.87 bits per heavy atom. The molecule has 3 aromatic rings. The summed E-state index contributed by atoms with van der Waals surface area (Å²) in [6, 6.07) is 11.0. The first-order valence-electron chi connectivity index (χ1n) is 12.9. The molecule has 2 aromatic carbocycles. The van der Waals surface area contributed by atoms with Crippen LogP contribution in [0.15, 0.2) is 42.5 Å². The summed E-state index contributed by atoms with van der Waals surface area (Å²) in [6.45, 7) is 8.38. The Bertz CT molecular complexity index is 1340. The Hall–Kier alpha value is -3.11. The van der Waals surface area contributed by atoms with Crippen molar-refractivity contribution < 1.29 is 22.8 Å². The lowest BCUT2D eigenvalue weighted by Gasteiger charge is -2.38. The van der Waals surface area contributed by atoms with Crippen LogP contribution < -0.4 is 10.6 Å². The molecule has 0 saturated carbocycles. The summed E-state index contributed by atoms with van der Waals surface area (Å²) < 4.78 is 42.4. The first-order valence-corrected chi connectivity index (χ1v) is 13.3. The maximum absolute atomic E-state index is 13.5. The molecule has 7 nitrogen and oxygen atoms in total. The molecule has 0 radical (unpaired) electrons. The van der Waals surface area contributed by atoms with Crippen molar-refractivity contribution in [1.29, 1.82) is 0 Å². The van der Waals surface area contributed by atoms with Gasteiger partial charge in [-0.05, 0) is 73.7 Å². The van der Waals surface area contributed by atoms with Gasteiger partial charge >= 0.3 is 12.1 Å². The zero-order chi connectivity index (χ0) is 28.5. The number of aromatic nitrogens is 2. The minimum absolute atomic E-state index is 0.0272. The van der Waals surface area contributed by atoms with E-state index in [1.165, 1.54) is 0 Å². The summed E-state index contributed by atoms with van der Waals surface area (Å²) in [4.78, 5) is 30.9. The lowest BCUT2D eigenvalue weighted by molar-refractivity contribution is -0.190. The zero-order valence-electron chi connectivity index (χ0n) is 22.4. The Kier molecular flexibility index (Phi) is 8.28.